The van der Waals surface area contributed by atoms with Crippen LogP contribution in [0.15, 0.2) is 0 Å². The summed E-state index contributed by atoms with van der Waals surface area (Å²) in [7, 11) is 0. The Bertz CT molecular complexity index is 314. The Kier molecular flexibility index (Phi) is 7.10. The van der Waals surface area contributed by atoms with E-state index in [-0.39, 0.29) is 11.8 Å². The molecule has 20 heavy (non-hydrogen) atoms. The van der Waals surface area contributed by atoms with Crippen molar-refractivity contribution in [3.63, 3.8) is 0 Å². The molecular weight excluding hydrogens is 262 g/mol. The van der Waals surface area contributed by atoms with Crippen molar-refractivity contribution in [1.82, 2.24) is 5.32 Å². The molecule has 0 aromatic heterocycles. The van der Waals surface area contributed by atoms with Gasteiger partial charge < -0.3 is 5.32 Å². The molecule has 5 heteroatoms. The van der Waals surface area contributed by atoms with Gasteiger partial charge in [0.15, 0.2) is 0 Å². The topological polar surface area (TPSA) is 53.0 Å². The van der Waals surface area contributed by atoms with Crippen LogP contribution >= 0.6 is 0 Å². The van der Waals surface area contributed by atoms with E-state index in [9.17, 15) is 13.6 Å². The lowest BCUT2D eigenvalue weighted by Gasteiger charge is -2.20. The zero-order valence-corrected chi connectivity index (χ0v) is 12.3. The second kappa shape index (κ2) is 8.32. The van der Waals surface area contributed by atoms with Gasteiger partial charge in [0.1, 0.15) is 5.84 Å². The first kappa shape index (κ1) is 17.1. The lowest BCUT2D eigenvalue weighted by atomic mass is 9.94. The van der Waals surface area contributed by atoms with Crippen LogP contribution in [0, 0.1) is 11.3 Å². The van der Waals surface area contributed by atoms with Gasteiger partial charge >= 0.3 is 5.92 Å². The molecule has 1 rings (SSSR count). The molecule has 116 valence electrons. The molecule has 0 heterocycles. The number of rotatable bonds is 2. The highest BCUT2D eigenvalue weighted by atomic mass is 19.3. The molecule has 1 amide bonds. The minimum Gasteiger partial charge on any atom is -0.309 e. The van der Waals surface area contributed by atoms with E-state index in [0.717, 1.165) is 38.5 Å². The van der Waals surface area contributed by atoms with Crippen LogP contribution in [-0.2, 0) is 4.79 Å². The molecule has 1 aliphatic carbocycles. The van der Waals surface area contributed by atoms with Gasteiger partial charge in [0, 0.05) is 12.8 Å². The average molecular weight is 288 g/mol. The fraction of sp³-hybridized carbons (Fsp3) is 0.867. The highest BCUT2D eigenvalue weighted by Gasteiger charge is 2.33. The number of carbonyl (C=O) groups excluding carboxylic acids is 1. The van der Waals surface area contributed by atoms with Gasteiger partial charge in [0.2, 0.25) is 0 Å². The smallest absolute Gasteiger partial charge is 0.309 e. The number of amides is 1. The largest absolute Gasteiger partial charge is 0.322 e. The Morgan fingerprint density at radius 3 is 1.80 bits per heavy atom. The average Bonchev–Trinajstić information content (AvgIpc) is 2.42. The normalized spacial score (nSPS) is 19.9. The van der Waals surface area contributed by atoms with Crippen LogP contribution in [-0.4, -0.2) is 17.7 Å². The molecule has 3 nitrogen and oxygen atoms in total. The van der Waals surface area contributed by atoms with Crippen molar-refractivity contribution < 1.29 is 13.6 Å². The number of hydrogen-bond acceptors (Lipinski definition) is 2. The molecule has 0 aliphatic heterocycles. The number of nitrogens with one attached hydrogen (secondary N) is 2. The van der Waals surface area contributed by atoms with Gasteiger partial charge in [-0.2, -0.15) is 8.78 Å². The highest BCUT2D eigenvalue weighted by molar-refractivity contribution is 6.00. The first-order valence-corrected chi connectivity index (χ1v) is 7.69. The molecule has 0 spiro atoms. The third kappa shape index (κ3) is 6.44. The number of hydrogen-bond donors (Lipinski definition) is 2. The van der Waals surface area contributed by atoms with Gasteiger partial charge in [-0.3, -0.25) is 10.2 Å². The molecule has 0 bridgehead atoms. The number of halogens is 2. The first-order chi connectivity index (χ1) is 9.41. The van der Waals surface area contributed by atoms with Gasteiger partial charge in [0.05, 0.1) is 0 Å². The number of carbonyl (C=O) groups is 1. The number of alkyl halides is 2. The summed E-state index contributed by atoms with van der Waals surface area (Å²) >= 11 is 0. The van der Waals surface area contributed by atoms with Crippen LogP contribution < -0.4 is 5.32 Å². The molecule has 0 radical (unpaired) electrons. The van der Waals surface area contributed by atoms with E-state index in [4.69, 9.17) is 5.41 Å². The quantitative estimate of drug-likeness (QED) is 0.578. The lowest BCUT2D eigenvalue weighted by Crippen LogP contribution is -2.43. The maximum Gasteiger partial charge on any atom is 0.322 e. The summed E-state index contributed by atoms with van der Waals surface area (Å²) in [6.45, 7) is 0.563. The first-order valence-electron chi connectivity index (χ1n) is 7.69. The van der Waals surface area contributed by atoms with Gasteiger partial charge in [-0.15, -0.1) is 0 Å². The summed E-state index contributed by atoms with van der Waals surface area (Å²) in [5, 5.41) is 9.96. The SMILES string of the molecule is CC(F)(F)C(=O)NC(=N)C1CCCCCCCCCC1. The molecular formula is C15H26F2N2O. The number of amidine groups is 1. The van der Waals surface area contributed by atoms with Crippen molar-refractivity contribution in [1.29, 1.82) is 5.41 Å². The Hall–Kier alpha value is -1.00. The lowest BCUT2D eigenvalue weighted by molar-refractivity contribution is -0.141. The van der Waals surface area contributed by atoms with Crippen molar-refractivity contribution in [3.05, 3.63) is 0 Å². The van der Waals surface area contributed by atoms with Crippen LogP contribution in [0.25, 0.3) is 0 Å². The second-order valence-corrected chi connectivity index (χ2v) is 5.86. The van der Waals surface area contributed by atoms with Crippen LogP contribution in [0.3, 0.4) is 0 Å². The Labute approximate surface area is 120 Å². The molecule has 1 fully saturated rings. The third-order valence-corrected chi connectivity index (χ3v) is 3.91. The van der Waals surface area contributed by atoms with E-state index >= 15 is 0 Å². The summed E-state index contributed by atoms with van der Waals surface area (Å²) in [5.41, 5.74) is 0. The van der Waals surface area contributed by atoms with Gasteiger partial charge in [0.25, 0.3) is 5.91 Å². The minimum absolute atomic E-state index is 0.0317. The van der Waals surface area contributed by atoms with Crippen LogP contribution in [0.1, 0.15) is 71.1 Å². The zero-order chi connectivity index (χ0) is 15.0. The van der Waals surface area contributed by atoms with E-state index in [0.29, 0.717) is 6.92 Å². The van der Waals surface area contributed by atoms with Gasteiger partial charge in [-0.1, -0.05) is 51.4 Å². The van der Waals surface area contributed by atoms with Crippen molar-refractivity contribution >= 4 is 11.7 Å². The Morgan fingerprint density at radius 2 is 1.40 bits per heavy atom. The van der Waals surface area contributed by atoms with Gasteiger partial charge in [-0.05, 0) is 12.8 Å². The molecule has 0 saturated heterocycles. The molecule has 0 unspecified atom stereocenters. The van der Waals surface area contributed by atoms with E-state index in [1.54, 1.807) is 0 Å². The van der Waals surface area contributed by atoms with E-state index < -0.39 is 11.8 Å². The molecule has 0 aromatic carbocycles. The summed E-state index contributed by atoms with van der Waals surface area (Å²) in [4.78, 5) is 11.2. The van der Waals surface area contributed by atoms with Crippen molar-refractivity contribution in [2.24, 2.45) is 5.92 Å². The fourth-order valence-corrected chi connectivity index (χ4v) is 2.61. The predicted molar refractivity (Wildman–Crippen MR) is 76.2 cm³/mol. The van der Waals surface area contributed by atoms with Crippen LogP contribution in [0.2, 0.25) is 0 Å². The Balaban J connectivity index is 2.50. The fourth-order valence-electron chi connectivity index (χ4n) is 2.61. The van der Waals surface area contributed by atoms with Crippen LogP contribution in [0.4, 0.5) is 8.78 Å². The predicted octanol–water partition coefficient (Wildman–Crippen LogP) is 4.27. The maximum atomic E-state index is 12.9. The zero-order valence-electron chi connectivity index (χ0n) is 12.3. The third-order valence-electron chi connectivity index (χ3n) is 3.91. The highest BCUT2D eigenvalue weighted by Crippen LogP contribution is 2.22. The van der Waals surface area contributed by atoms with E-state index in [1.807, 2.05) is 0 Å². The second-order valence-electron chi connectivity index (χ2n) is 5.86. The summed E-state index contributed by atoms with van der Waals surface area (Å²) in [5.74, 6) is -4.90. The van der Waals surface area contributed by atoms with E-state index in [2.05, 4.69) is 5.32 Å². The minimum atomic E-state index is -3.42. The summed E-state index contributed by atoms with van der Waals surface area (Å²) in [6.07, 6.45) is 10.8. The molecule has 1 saturated carbocycles. The van der Waals surface area contributed by atoms with Crippen LogP contribution in [0.5, 0.6) is 0 Å². The van der Waals surface area contributed by atoms with Crippen molar-refractivity contribution in [2.75, 3.05) is 0 Å². The molecule has 2 N–H and O–H groups in total. The Morgan fingerprint density at radius 1 is 1.00 bits per heavy atom. The monoisotopic (exact) mass is 288 g/mol. The maximum absolute atomic E-state index is 12.9. The van der Waals surface area contributed by atoms with E-state index in [1.165, 1.54) is 25.7 Å². The standard InChI is InChI=1S/C15H26F2N2O/c1-15(16,17)14(20)19-13(18)12-10-8-6-4-2-3-5-7-9-11-12/h12H,2-11H2,1H3,(H2,18,19,20). The summed E-state index contributed by atoms with van der Waals surface area (Å²) < 4.78 is 25.7. The van der Waals surface area contributed by atoms with Gasteiger partial charge in [-0.25, -0.2) is 0 Å². The van der Waals surface area contributed by atoms with Crippen molar-refractivity contribution in [2.45, 2.75) is 77.1 Å². The van der Waals surface area contributed by atoms with Crippen molar-refractivity contribution in [3.8, 4) is 0 Å². The molecule has 1 aliphatic rings. The molecule has 0 aromatic rings. The molecule has 0 atom stereocenters. The summed E-state index contributed by atoms with van der Waals surface area (Å²) in [6, 6.07) is 0.